The Balaban J connectivity index is 2.40. The van der Waals surface area contributed by atoms with Crippen LogP contribution in [0.2, 0.25) is 0 Å². The summed E-state index contributed by atoms with van der Waals surface area (Å²) >= 11 is 0. The van der Waals surface area contributed by atoms with Crippen molar-refractivity contribution in [1.29, 1.82) is 0 Å². The molecule has 16 heavy (non-hydrogen) atoms. The minimum atomic E-state index is -0.884. The van der Waals surface area contributed by atoms with E-state index in [1.807, 2.05) is 6.92 Å². The van der Waals surface area contributed by atoms with Crippen LogP contribution in [0.25, 0.3) is 0 Å². The molecule has 5 heteroatoms. The Morgan fingerprint density at radius 3 is 2.69 bits per heavy atom. The Kier molecular flexibility index (Phi) is 5.73. The Bertz CT molecular complexity index is 218. The minimum Gasteiger partial charge on any atom is -0.479 e. The molecule has 0 radical (unpaired) electrons. The lowest BCUT2D eigenvalue weighted by Crippen LogP contribution is -2.41. The fourth-order valence-electron chi connectivity index (χ4n) is 1.69. The van der Waals surface area contributed by atoms with Gasteiger partial charge in [-0.3, -0.25) is 4.90 Å². The molecule has 5 nitrogen and oxygen atoms in total. The van der Waals surface area contributed by atoms with E-state index in [0.29, 0.717) is 25.8 Å². The number of rotatable bonds is 9. The van der Waals surface area contributed by atoms with Crippen LogP contribution in [0.5, 0.6) is 0 Å². The number of hydrogen-bond acceptors (Lipinski definition) is 4. The molecule has 0 amide bonds. The molecule has 0 saturated heterocycles. The van der Waals surface area contributed by atoms with E-state index in [1.54, 1.807) is 7.11 Å². The molecule has 0 heterocycles. The van der Waals surface area contributed by atoms with Crippen molar-refractivity contribution >= 4 is 5.97 Å². The predicted octanol–water partition coefficient (Wildman–Crippen LogP) is 0.587. The maximum absolute atomic E-state index is 11.0. The summed E-state index contributed by atoms with van der Waals surface area (Å²) in [5.41, 5.74) is 0. The highest BCUT2D eigenvalue weighted by Gasteiger charge is 2.32. The van der Waals surface area contributed by atoms with Crippen molar-refractivity contribution in [3.63, 3.8) is 0 Å². The van der Waals surface area contributed by atoms with Crippen LogP contribution in [0.15, 0.2) is 0 Å². The number of ether oxygens (including phenoxy) is 2. The Hall–Kier alpha value is -0.650. The third-order valence-corrected chi connectivity index (χ3v) is 2.69. The second kappa shape index (κ2) is 6.83. The van der Waals surface area contributed by atoms with Crippen LogP contribution in [-0.4, -0.2) is 61.5 Å². The van der Waals surface area contributed by atoms with E-state index in [2.05, 4.69) is 4.90 Å². The zero-order valence-corrected chi connectivity index (χ0v) is 10.0. The molecule has 0 aromatic rings. The SMILES string of the molecule is CCOC(CN(CCOC)C1CC1)C(=O)O. The summed E-state index contributed by atoms with van der Waals surface area (Å²) in [7, 11) is 1.66. The largest absolute Gasteiger partial charge is 0.479 e. The van der Waals surface area contributed by atoms with Crippen LogP contribution in [0, 0.1) is 0 Å². The quantitative estimate of drug-likeness (QED) is 0.629. The first-order valence-corrected chi connectivity index (χ1v) is 5.76. The van der Waals surface area contributed by atoms with Gasteiger partial charge < -0.3 is 14.6 Å². The molecule has 1 saturated carbocycles. The predicted molar refractivity (Wildman–Crippen MR) is 59.5 cm³/mol. The van der Waals surface area contributed by atoms with Crippen LogP contribution >= 0.6 is 0 Å². The zero-order chi connectivity index (χ0) is 12.0. The van der Waals surface area contributed by atoms with Gasteiger partial charge in [0, 0.05) is 32.8 Å². The second-order valence-electron chi connectivity index (χ2n) is 4.00. The van der Waals surface area contributed by atoms with Crippen LogP contribution in [0.1, 0.15) is 19.8 Å². The van der Waals surface area contributed by atoms with Crippen LogP contribution < -0.4 is 0 Å². The standard InChI is InChI=1S/C11H21NO4/c1-3-16-10(11(13)14)8-12(6-7-15-2)9-4-5-9/h9-10H,3-8H2,1-2H3,(H,13,14). The summed E-state index contributed by atoms with van der Waals surface area (Å²) in [5, 5.41) is 9.00. The van der Waals surface area contributed by atoms with E-state index < -0.39 is 12.1 Å². The van der Waals surface area contributed by atoms with E-state index >= 15 is 0 Å². The van der Waals surface area contributed by atoms with Crippen molar-refractivity contribution in [2.24, 2.45) is 0 Å². The number of carboxylic acids is 1. The molecule has 0 aromatic carbocycles. The Labute approximate surface area is 96.3 Å². The molecule has 0 aromatic heterocycles. The summed E-state index contributed by atoms with van der Waals surface area (Å²) in [6.07, 6.45) is 1.59. The highest BCUT2D eigenvalue weighted by atomic mass is 16.5. The first-order chi connectivity index (χ1) is 7.69. The van der Waals surface area contributed by atoms with E-state index in [1.165, 1.54) is 0 Å². The molecule has 0 bridgehead atoms. The number of carbonyl (C=O) groups is 1. The Morgan fingerprint density at radius 1 is 1.56 bits per heavy atom. The number of nitrogens with zero attached hydrogens (tertiary/aromatic N) is 1. The van der Waals surface area contributed by atoms with Crippen molar-refractivity contribution < 1.29 is 19.4 Å². The van der Waals surface area contributed by atoms with Crippen LogP contribution in [-0.2, 0) is 14.3 Å². The molecule has 1 fully saturated rings. The molecule has 0 aliphatic heterocycles. The molecular formula is C11H21NO4. The summed E-state index contributed by atoms with van der Waals surface area (Å²) in [5.74, 6) is -0.884. The van der Waals surface area contributed by atoms with Gasteiger partial charge in [0.15, 0.2) is 6.10 Å². The smallest absolute Gasteiger partial charge is 0.334 e. The monoisotopic (exact) mass is 231 g/mol. The van der Waals surface area contributed by atoms with Crippen molar-refractivity contribution in [2.45, 2.75) is 31.9 Å². The average molecular weight is 231 g/mol. The summed E-state index contributed by atoms with van der Waals surface area (Å²) in [4.78, 5) is 13.1. The van der Waals surface area contributed by atoms with E-state index in [9.17, 15) is 4.79 Å². The number of carboxylic acid groups (broad SMARTS) is 1. The fourth-order valence-corrected chi connectivity index (χ4v) is 1.69. The summed E-state index contributed by atoms with van der Waals surface area (Å²) < 4.78 is 10.2. The normalized spacial score (nSPS) is 17.7. The topological polar surface area (TPSA) is 59.0 Å². The third kappa shape index (κ3) is 4.47. The number of hydrogen-bond donors (Lipinski definition) is 1. The highest BCUT2D eigenvalue weighted by molar-refractivity contribution is 5.72. The van der Waals surface area contributed by atoms with Crippen molar-refractivity contribution in [3.05, 3.63) is 0 Å². The Morgan fingerprint density at radius 2 is 2.25 bits per heavy atom. The van der Waals surface area contributed by atoms with Gasteiger partial charge in [-0.2, -0.15) is 0 Å². The van der Waals surface area contributed by atoms with Gasteiger partial charge >= 0.3 is 5.97 Å². The number of aliphatic carboxylic acids is 1. The van der Waals surface area contributed by atoms with Crippen LogP contribution in [0.4, 0.5) is 0 Å². The van der Waals surface area contributed by atoms with E-state index in [-0.39, 0.29) is 0 Å². The summed E-state index contributed by atoms with van der Waals surface area (Å²) in [6.45, 7) is 4.11. The minimum absolute atomic E-state index is 0.430. The van der Waals surface area contributed by atoms with Gasteiger partial charge in [-0.05, 0) is 19.8 Å². The molecule has 1 unspecified atom stereocenters. The average Bonchev–Trinajstić information content (AvgIpc) is 3.06. The van der Waals surface area contributed by atoms with Gasteiger partial charge in [0.2, 0.25) is 0 Å². The molecule has 1 N–H and O–H groups in total. The molecular weight excluding hydrogens is 210 g/mol. The van der Waals surface area contributed by atoms with E-state index in [0.717, 1.165) is 19.4 Å². The van der Waals surface area contributed by atoms with Gasteiger partial charge in [0.25, 0.3) is 0 Å². The molecule has 1 atom stereocenters. The first-order valence-electron chi connectivity index (χ1n) is 5.76. The van der Waals surface area contributed by atoms with Crippen LogP contribution in [0.3, 0.4) is 0 Å². The maximum Gasteiger partial charge on any atom is 0.334 e. The maximum atomic E-state index is 11.0. The zero-order valence-electron chi connectivity index (χ0n) is 10.0. The lowest BCUT2D eigenvalue weighted by molar-refractivity contribution is -0.151. The first kappa shape index (κ1) is 13.4. The van der Waals surface area contributed by atoms with E-state index in [4.69, 9.17) is 14.6 Å². The highest BCUT2D eigenvalue weighted by Crippen LogP contribution is 2.26. The van der Waals surface area contributed by atoms with Crippen molar-refractivity contribution in [3.8, 4) is 0 Å². The number of methoxy groups -OCH3 is 1. The molecule has 1 aliphatic rings. The van der Waals surface area contributed by atoms with Gasteiger partial charge in [0.05, 0.1) is 6.61 Å². The third-order valence-electron chi connectivity index (χ3n) is 2.69. The van der Waals surface area contributed by atoms with Crippen molar-refractivity contribution in [1.82, 2.24) is 4.90 Å². The molecule has 94 valence electrons. The van der Waals surface area contributed by atoms with Gasteiger partial charge in [0.1, 0.15) is 0 Å². The lowest BCUT2D eigenvalue weighted by Gasteiger charge is -2.24. The molecule has 0 spiro atoms. The fraction of sp³-hybridized carbons (Fsp3) is 0.909. The van der Waals surface area contributed by atoms with Gasteiger partial charge in [-0.25, -0.2) is 4.79 Å². The lowest BCUT2D eigenvalue weighted by atomic mass is 10.3. The molecule has 1 aliphatic carbocycles. The van der Waals surface area contributed by atoms with Crippen molar-refractivity contribution in [2.75, 3.05) is 33.4 Å². The summed E-state index contributed by atoms with van der Waals surface area (Å²) in [6, 6.07) is 0.525. The molecule has 1 rings (SSSR count). The second-order valence-corrected chi connectivity index (χ2v) is 4.00. The van der Waals surface area contributed by atoms with Gasteiger partial charge in [-0.1, -0.05) is 0 Å². The van der Waals surface area contributed by atoms with Gasteiger partial charge in [-0.15, -0.1) is 0 Å².